The number of amides is 2. The molecule has 2 aliphatic heterocycles. The van der Waals surface area contributed by atoms with Crippen molar-refractivity contribution < 1.29 is 19.1 Å². The van der Waals surface area contributed by atoms with Crippen LogP contribution in [0.4, 0.5) is 0 Å². The summed E-state index contributed by atoms with van der Waals surface area (Å²) in [5, 5.41) is 2.95. The fourth-order valence-corrected chi connectivity index (χ4v) is 4.06. The zero-order valence-corrected chi connectivity index (χ0v) is 17.8. The number of rotatable bonds is 7. The van der Waals surface area contributed by atoms with Gasteiger partial charge >= 0.3 is 0 Å². The lowest BCUT2D eigenvalue weighted by Crippen LogP contribution is -2.35. The lowest BCUT2D eigenvalue weighted by atomic mass is 10.1. The number of nitrogens with one attached hydrogen (secondary N) is 1. The van der Waals surface area contributed by atoms with E-state index in [0.717, 1.165) is 50.9 Å². The number of hydrogen-bond donors (Lipinski definition) is 1. The quantitative estimate of drug-likeness (QED) is 0.737. The van der Waals surface area contributed by atoms with Gasteiger partial charge in [0.1, 0.15) is 12.4 Å². The number of nitrogens with zero attached hydrogens (tertiary/aromatic N) is 1. The van der Waals surface area contributed by atoms with Gasteiger partial charge < -0.3 is 19.7 Å². The minimum absolute atomic E-state index is 0.0904. The van der Waals surface area contributed by atoms with Gasteiger partial charge in [0.15, 0.2) is 0 Å². The van der Waals surface area contributed by atoms with Crippen molar-refractivity contribution in [3.05, 3.63) is 65.2 Å². The monoisotopic (exact) mass is 422 g/mol. The molecular weight excluding hydrogens is 392 g/mol. The number of hydrogen-bond acceptors (Lipinski definition) is 4. The molecule has 0 saturated carbocycles. The van der Waals surface area contributed by atoms with Crippen LogP contribution in [-0.2, 0) is 11.3 Å². The van der Waals surface area contributed by atoms with Crippen LogP contribution in [0.1, 0.15) is 58.4 Å². The summed E-state index contributed by atoms with van der Waals surface area (Å²) >= 11 is 0. The number of likely N-dealkylation sites (tertiary alicyclic amines) is 1. The third kappa shape index (κ3) is 5.64. The molecule has 31 heavy (non-hydrogen) atoms. The van der Waals surface area contributed by atoms with Gasteiger partial charge in [-0.2, -0.15) is 0 Å². The summed E-state index contributed by atoms with van der Waals surface area (Å²) in [7, 11) is 0. The summed E-state index contributed by atoms with van der Waals surface area (Å²) in [5.74, 6) is 0.474. The minimum Gasteiger partial charge on any atom is -0.490 e. The van der Waals surface area contributed by atoms with Crippen molar-refractivity contribution >= 4 is 11.8 Å². The van der Waals surface area contributed by atoms with E-state index in [1.54, 1.807) is 6.07 Å². The molecule has 2 saturated heterocycles. The van der Waals surface area contributed by atoms with Gasteiger partial charge in [-0.1, -0.05) is 24.3 Å². The van der Waals surface area contributed by atoms with Crippen LogP contribution in [0, 0.1) is 0 Å². The van der Waals surface area contributed by atoms with Crippen molar-refractivity contribution in [3.63, 3.8) is 0 Å². The van der Waals surface area contributed by atoms with E-state index in [0.29, 0.717) is 30.0 Å². The molecule has 164 valence electrons. The Morgan fingerprint density at radius 1 is 1.00 bits per heavy atom. The van der Waals surface area contributed by atoms with Gasteiger partial charge in [-0.05, 0) is 61.9 Å². The van der Waals surface area contributed by atoms with Crippen LogP contribution in [0.3, 0.4) is 0 Å². The first-order valence-corrected chi connectivity index (χ1v) is 11.2. The maximum atomic E-state index is 12.7. The maximum absolute atomic E-state index is 12.7. The Balaban J connectivity index is 1.32. The number of ether oxygens (including phenoxy) is 2. The van der Waals surface area contributed by atoms with E-state index in [4.69, 9.17) is 9.47 Å². The third-order valence-electron chi connectivity index (χ3n) is 5.88. The molecule has 0 unspecified atom stereocenters. The number of benzene rings is 2. The summed E-state index contributed by atoms with van der Waals surface area (Å²) in [6.07, 6.45) is 5.50. The van der Waals surface area contributed by atoms with Crippen molar-refractivity contribution in [1.82, 2.24) is 10.2 Å². The first kappa shape index (κ1) is 21.4. The van der Waals surface area contributed by atoms with Crippen LogP contribution in [-0.4, -0.2) is 49.1 Å². The maximum Gasteiger partial charge on any atom is 0.255 e. The third-order valence-corrected chi connectivity index (χ3v) is 5.88. The Bertz CT molecular complexity index is 885. The number of carbonyl (C=O) groups is 2. The van der Waals surface area contributed by atoms with Crippen molar-refractivity contribution in [2.45, 2.75) is 44.8 Å². The van der Waals surface area contributed by atoms with Crippen molar-refractivity contribution in [2.75, 3.05) is 26.3 Å². The largest absolute Gasteiger partial charge is 0.490 e. The summed E-state index contributed by atoms with van der Waals surface area (Å²) < 4.78 is 11.5. The molecule has 2 aliphatic rings. The van der Waals surface area contributed by atoms with E-state index < -0.39 is 0 Å². The second-order valence-corrected chi connectivity index (χ2v) is 8.17. The van der Waals surface area contributed by atoms with Gasteiger partial charge in [-0.15, -0.1) is 0 Å². The molecule has 2 aromatic carbocycles. The normalized spacial score (nSPS) is 18.6. The van der Waals surface area contributed by atoms with Gasteiger partial charge in [0.2, 0.25) is 0 Å². The van der Waals surface area contributed by atoms with E-state index in [9.17, 15) is 9.59 Å². The molecule has 4 rings (SSSR count). The van der Waals surface area contributed by atoms with Crippen LogP contribution in [0.15, 0.2) is 48.5 Å². The second kappa shape index (κ2) is 10.4. The van der Waals surface area contributed by atoms with Crippen LogP contribution < -0.4 is 10.1 Å². The molecule has 0 bridgehead atoms. The fourth-order valence-electron chi connectivity index (χ4n) is 4.06. The van der Waals surface area contributed by atoms with E-state index in [-0.39, 0.29) is 17.9 Å². The second-order valence-electron chi connectivity index (χ2n) is 8.17. The average molecular weight is 423 g/mol. The summed E-state index contributed by atoms with van der Waals surface area (Å²) in [6.45, 7) is 3.29. The Kier molecular flexibility index (Phi) is 7.20. The van der Waals surface area contributed by atoms with Gasteiger partial charge in [0.05, 0.1) is 11.7 Å². The molecule has 2 fully saturated rings. The first-order chi connectivity index (χ1) is 15.2. The highest BCUT2D eigenvalue weighted by atomic mass is 16.5. The highest BCUT2D eigenvalue weighted by molar-refractivity contribution is 5.97. The Morgan fingerprint density at radius 2 is 1.77 bits per heavy atom. The Labute approximate surface area is 183 Å². The zero-order valence-electron chi connectivity index (χ0n) is 17.8. The molecule has 6 nitrogen and oxygen atoms in total. The van der Waals surface area contributed by atoms with E-state index >= 15 is 0 Å². The molecule has 1 atom stereocenters. The predicted molar refractivity (Wildman–Crippen MR) is 118 cm³/mol. The standard InChI is InChI=1S/C25H30N2O4/c28-24(22-8-2-3-9-23(22)31-18-21-7-6-16-30-21)26-17-19-10-12-20(13-11-19)25(29)27-14-4-1-5-15-27/h2-3,8-13,21H,1,4-7,14-18H2,(H,26,28)/t21-/m0/s1. The number of piperidine rings is 1. The molecule has 1 N–H and O–H groups in total. The molecule has 0 spiro atoms. The molecule has 0 radical (unpaired) electrons. The van der Waals surface area contributed by atoms with E-state index in [1.807, 2.05) is 47.4 Å². The van der Waals surface area contributed by atoms with E-state index in [1.165, 1.54) is 6.42 Å². The SMILES string of the molecule is O=C(NCc1ccc(C(=O)N2CCCCC2)cc1)c1ccccc1OC[C@@H]1CCCO1. The van der Waals surface area contributed by atoms with Crippen LogP contribution in [0.2, 0.25) is 0 Å². The molecule has 0 aromatic heterocycles. The van der Waals surface area contributed by atoms with Crippen molar-refractivity contribution in [2.24, 2.45) is 0 Å². The predicted octanol–water partition coefficient (Wildman–Crippen LogP) is 3.80. The van der Waals surface area contributed by atoms with Gasteiger partial charge in [-0.3, -0.25) is 9.59 Å². The molecular formula is C25H30N2O4. The van der Waals surface area contributed by atoms with Crippen LogP contribution >= 0.6 is 0 Å². The summed E-state index contributed by atoms with van der Waals surface area (Å²) in [4.78, 5) is 27.2. The Morgan fingerprint density at radius 3 is 2.52 bits per heavy atom. The highest BCUT2D eigenvalue weighted by Crippen LogP contribution is 2.21. The van der Waals surface area contributed by atoms with Gasteiger partial charge in [0.25, 0.3) is 11.8 Å². The molecule has 0 aliphatic carbocycles. The molecule has 2 aromatic rings. The van der Waals surface area contributed by atoms with Crippen LogP contribution in [0.5, 0.6) is 5.75 Å². The molecule has 6 heteroatoms. The summed E-state index contributed by atoms with van der Waals surface area (Å²) in [6, 6.07) is 14.8. The highest BCUT2D eigenvalue weighted by Gasteiger charge is 2.19. The Hall–Kier alpha value is -2.86. The van der Waals surface area contributed by atoms with Crippen LogP contribution in [0.25, 0.3) is 0 Å². The van der Waals surface area contributed by atoms with Crippen molar-refractivity contribution in [1.29, 1.82) is 0 Å². The average Bonchev–Trinajstić information content (AvgIpc) is 3.35. The van der Waals surface area contributed by atoms with Gasteiger partial charge in [0, 0.05) is 31.8 Å². The number of para-hydroxylation sites is 1. The summed E-state index contributed by atoms with van der Waals surface area (Å²) in [5.41, 5.74) is 2.16. The molecule has 2 heterocycles. The topological polar surface area (TPSA) is 67.9 Å². The molecule has 2 amide bonds. The first-order valence-electron chi connectivity index (χ1n) is 11.2. The lowest BCUT2D eigenvalue weighted by Gasteiger charge is -2.26. The lowest BCUT2D eigenvalue weighted by molar-refractivity contribution is 0.0670. The van der Waals surface area contributed by atoms with E-state index in [2.05, 4.69) is 5.32 Å². The number of carbonyl (C=O) groups excluding carboxylic acids is 2. The minimum atomic E-state index is -0.184. The van der Waals surface area contributed by atoms with Crippen molar-refractivity contribution in [3.8, 4) is 5.75 Å². The fraction of sp³-hybridized carbons (Fsp3) is 0.440. The van der Waals surface area contributed by atoms with Gasteiger partial charge in [-0.25, -0.2) is 0 Å². The zero-order chi connectivity index (χ0) is 21.5. The smallest absolute Gasteiger partial charge is 0.255 e.